The maximum Gasteiger partial charge on any atom is 0.269 e. The Kier molecular flexibility index (Phi) is 4.98. The van der Waals surface area contributed by atoms with Crippen molar-refractivity contribution in [3.05, 3.63) is 35.1 Å². The summed E-state index contributed by atoms with van der Waals surface area (Å²) in [5.41, 5.74) is 1.45. The number of unbranched alkanes of at least 4 members (excludes halogenated alkanes) is 2. The van der Waals surface area contributed by atoms with Gasteiger partial charge in [0.2, 0.25) is 5.91 Å². The van der Waals surface area contributed by atoms with Crippen LogP contribution in [0.1, 0.15) is 62.4 Å². The largest absolute Gasteiger partial charge is 0.511 e. The summed E-state index contributed by atoms with van der Waals surface area (Å²) >= 11 is 0. The van der Waals surface area contributed by atoms with E-state index in [9.17, 15) is 19.5 Å². The van der Waals surface area contributed by atoms with Gasteiger partial charge in [-0.25, -0.2) is 4.90 Å². The van der Waals surface area contributed by atoms with E-state index in [1.165, 1.54) is 13.8 Å². The highest BCUT2D eigenvalue weighted by molar-refractivity contribution is 6.40. The van der Waals surface area contributed by atoms with Gasteiger partial charge in [-0.3, -0.25) is 14.4 Å². The van der Waals surface area contributed by atoms with Gasteiger partial charge in [-0.15, -0.1) is 0 Å². The third-order valence-electron chi connectivity index (χ3n) is 3.95. The fourth-order valence-corrected chi connectivity index (χ4v) is 2.75. The lowest BCUT2D eigenvalue weighted by molar-refractivity contribution is -0.122. The molecule has 0 aromatic heterocycles. The van der Waals surface area contributed by atoms with Gasteiger partial charge in [0.1, 0.15) is 5.76 Å². The van der Waals surface area contributed by atoms with E-state index in [2.05, 4.69) is 6.92 Å². The number of rotatable bonds is 5. The third-order valence-corrected chi connectivity index (χ3v) is 3.95. The molecule has 2 rings (SSSR count). The van der Waals surface area contributed by atoms with Crippen molar-refractivity contribution in [3.8, 4) is 0 Å². The minimum Gasteiger partial charge on any atom is -0.511 e. The van der Waals surface area contributed by atoms with Crippen molar-refractivity contribution in [1.82, 2.24) is 0 Å². The van der Waals surface area contributed by atoms with Crippen LogP contribution in [-0.2, 0) is 9.59 Å². The van der Waals surface area contributed by atoms with Gasteiger partial charge < -0.3 is 5.11 Å². The van der Waals surface area contributed by atoms with Gasteiger partial charge in [-0.2, -0.15) is 0 Å². The average molecular weight is 315 g/mol. The first-order valence-corrected chi connectivity index (χ1v) is 7.81. The van der Waals surface area contributed by atoms with E-state index < -0.39 is 11.8 Å². The van der Waals surface area contributed by atoms with Gasteiger partial charge >= 0.3 is 0 Å². The molecule has 0 fully saturated rings. The zero-order valence-electron chi connectivity index (χ0n) is 13.7. The van der Waals surface area contributed by atoms with Crippen LogP contribution in [0.4, 0.5) is 5.69 Å². The highest BCUT2D eigenvalue weighted by Gasteiger charge is 2.37. The normalized spacial score (nSPS) is 15.6. The second kappa shape index (κ2) is 6.77. The summed E-state index contributed by atoms with van der Waals surface area (Å²) in [5, 5.41) is 10.4. The number of hydrogen-bond donors (Lipinski definition) is 1. The Labute approximate surface area is 135 Å². The third kappa shape index (κ3) is 3.18. The summed E-state index contributed by atoms with van der Waals surface area (Å²) in [6, 6.07) is 4.74. The smallest absolute Gasteiger partial charge is 0.269 e. The summed E-state index contributed by atoms with van der Waals surface area (Å²) < 4.78 is 0. The fraction of sp³-hybridized carbons (Fsp3) is 0.389. The SMILES string of the molecule is CCCCCC(O)=C1C(=O)N(C(C)=O)c2ccc(C(C)=O)cc21. The Morgan fingerprint density at radius 3 is 2.43 bits per heavy atom. The number of amides is 2. The number of anilines is 1. The summed E-state index contributed by atoms with van der Waals surface area (Å²) in [7, 11) is 0. The molecule has 0 aliphatic carbocycles. The number of Topliss-reactive ketones (excluding diaryl/α,β-unsaturated/α-hetero) is 1. The lowest BCUT2D eigenvalue weighted by Crippen LogP contribution is -2.31. The Balaban J connectivity index is 2.55. The number of hydrogen-bond acceptors (Lipinski definition) is 4. The predicted molar refractivity (Wildman–Crippen MR) is 88.3 cm³/mol. The van der Waals surface area contributed by atoms with E-state index >= 15 is 0 Å². The van der Waals surface area contributed by atoms with Gasteiger partial charge in [0.15, 0.2) is 5.78 Å². The van der Waals surface area contributed by atoms with Crippen LogP contribution in [0.5, 0.6) is 0 Å². The lowest BCUT2D eigenvalue weighted by Gasteiger charge is -2.12. The number of imide groups is 1. The lowest BCUT2D eigenvalue weighted by atomic mass is 10.00. The molecule has 0 spiro atoms. The van der Waals surface area contributed by atoms with Crippen molar-refractivity contribution in [1.29, 1.82) is 0 Å². The fourth-order valence-electron chi connectivity index (χ4n) is 2.75. The Morgan fingerprint density at radius 1 is 1.17 bits per heavy atom. The molecule has 23 heavy (non-hydrogen) atoms. The van der Waals surface area contributed by atoms with Crippen LogP contribution in [0.3, 0.4) is 0 Å². The number of aliphatic hydroxyl groups excluding tert-OH is 1. The molecule has 122 valence electrons. The molecule has 0 saturated carbocycles. The van der Waals surface area contributed by atoms with Crippen molar-refractivity contribution in [2.24, 2.45) is 0 Å². The van der Waals surface area contributed by atoms with Crippen molar-refractivity contribution in [2.45, 2.75) is 46.5 Å². The van der Waals surface area contributed by atoms with Gasteiger partial charge in [-0.1, -0.05) is 19.8 Å². The Morgan fingerprint density at radius 2 is 1.87 bits per heavy atom. The summed E-state index contributed by atoms with van der Waals surface area (Å²) in [5.74, 6) is -1.09. The molecule has 0 atom stereocenters. The standard InChI is InChI=1S/C18H21NO4/c1-4-5-6-7-16(22)17-14-10-13(11(2)20)8-9-15(14)19(12(3)21)18(17)23/h8-10,22H,4-7H2,1-3H3. The zero-order valence-corrected chi connectivity index (χ0v) is 13.7. The second-order valence-corrected chi connectivity index (χ2v) is 5.73. The number of ketones is 1. The molecule has 1 aliphatic rings. The minimum absolute atomic E-state index is 0.0193. The van der Waals surface area contributed by atoms with E-state index in [1.54, 1.807) is 18.2 Å². The molecule has 0 bridgehead atoms. The number of carbonyl (C=O) groups is 3. The minimum atomic E-state index is -0.526. The molecule has 0 saturated heterocycles. The molecule has 1 aromatic rings. The predicted octanol–water partition coefficient (Wildman–Crippen LogP) is 3.63. The number of benzene rings is 1. The van der Waals surface area contributed by atoms with Gasteiger partial charge in [0.25, 0.3) is 5.91 Å². The molecule has 1 aliphatic heterocycles. The summed E-state index contributed by atoms with van der Waals surface area (Å²) in [6.45, 7) is 4.79. The van der Waals surface area contributed by atoms with Crippen molar-refractivity contribution >= 4 is 28.9 Å². The maximum atomic E-state index is 12.6. The van der Waals surface area contributed by atoms with E-state index in [-0.39, 0.29) is 17.1 Å². The molecule has 2 amide bonds. The molecular weight excluding hydrogens is 294 g/mol. The van der Waals surface area contributed by atoms with E-state index in [1.807, 2.05) is 0 Å². The highest BCUT2D eigenvalue weighted by Crippen LogP contribution is 2.39. The first-order chi connectivity index (χ1) is 10.9. The van der Waals surface area contributed by atoms with Crippen LogP contribution in [0.2, 0.25) is 0 Å². The summed E-state index contributed by atoms with van der Waals surface area (Å²) in [6.07, 6.45) is 3.09. The topological polar surface area (TPSA) is 74.7 Å². The van der Waals surface area contributed by atoms with Crippen molar-refractivity contribution in [2.75, 3.05) is 4.90 Å². The molecule has 1 heterocycles. The second-order valence-electron chi connectivity index (χ2n) is 5.73. The molecule has 0 unspecified atom stereocenters. The van der Waals surface area contributed by atoms with E-state index in [4.69, 9.17) is 0 Å². The number of aliphatic hydroxyl groups is 1. The maximum absolute atomic E-state index is 12.6. The van der Waals surface area contributed by atoms with Crippen LogP contribution < -0.4 is 4.90 Å². The van der Waals surface area contributed by atoms with Crippen molar-refractivity contribution < 1.29 is 19.5 Å². The van der Waals surface area contributed by atoms with Crippen LogP contribution in [0.25, 0.3) is 5.57 Å². The molecule has 5 nitrogen and oxygen atoms in total. The van der Waals surface area contributed by atoms with Crippen LogP contribution in [-0.4, -0.2) is 22.7 Å². The van der Waals surface area contributed by atoms with Crippen LogP contribution in [0, 0.1) is 0 Å². The number of nitrogens with zero attached hydrogens (tertiary/aromatic N) is 1. The molecule has 5 heteroatoms. The average Bonchev–Trinajstić information content (AvgIpc) is 2.78. The Bertz CT molecular complexity index is 703. The quantitative estimate of drug-likeness (QED) is 0.390. The number of allylic oxidation sites excluding steroid dienone is 1. The first kappa shape index (κ1) is 16.9. The van der Waals surface area contributed by atoms with Crippen LogP contribution >= 0.6 is 0 Å². The number of carbonyl (C=O) groups excluding carboxylic acids is 3. The van der Waals surface area contributed by atoms with Crippen molar-refractivity contribution in [3.63, 3.8) is 0 Å². The molecule has 1 aromatic carbocycles. The van der Waals surface area contributed by atoms with E-state index in [0.29, 0.717) is 23.2 Å². The van der Waals surface area contributed by atoms with Gasteiger partial charge in [0, 0.05) is 24.5 Å². The highest BCUT2D eigenvalue weighted by atomic mass is 16.3. The zero-order chi connectivity index (χ0) is 17.1. The van der Waals surface area contributed by atoms with Gasteiger partial charge in [0.05, 0.1) is 11.3 Å². The Hall–Kier alpha value is -2.43. The molecule has 0 radical (unpaired) electrons. The molecular formula is C18H21NO4. The monoisotopic (exact) mass is 315 g/mol. The summed E-state index contributed by atoms with van der Waals surface area (Å²) in [4.78, 5) is 37.0. The van der Waals surface area contributed by atoms with Gasteiger partial charge in [-0.05, 0) is 31.5 Å². The number of fused-ring (bicyclic) bond motifs is 1. The van der Waals surface area contributed by atoms with Crippen LogP contribution in [0.15, 0.2) is 24.0 Å². The van der Waals surface area contributed by atoms with E-state index in [0.717, 1.165) is 24.2 Å². The first-order valence-electron chi connectivity index (χ1n) is 7.81. The molecule has 1 N–H and O–H groups in total.